The van der Waals surface area contributed by atoms with Gasteiger partial charge >= 0.3 is 5.97 Å². The topological polar surface area (TPSA) is 44.8 Å². The van der Waals surface area contributed by atoms with Crippen LogP contribution in [0.25, 0.3) is 10.8 Å². The van der Waals surface area contributed by atoms with Gasteiger partial charge in [-0.15, -0.1) is 0 Å². The lowest BCUT2D eigenvalue weighted by Crippen LogP contribution is -2.09. The minimum absolute atomic E-state index is 0.417. The molecule has 4 nitrogen and oxygen atoms in total. The Morgan fingerprint density at radius 2 is 1.72 bits per heavy atom. The van der Waals surface area contributed by atoms with Gasteiger partial charge in [0, 0.05) is 7.11 Å². The second kappa shape index (κ2) is 8.14. The molecule has 128 valence electrons. The van der Waals surface area contributed by atoms with Gasteiger partial charge in [0.05, 0.1) is 16.6 Å². The summed E-state index contributed by atoms with van der Waals surface area (Å²) >= 11 is 3.52. The largest absolute Gasteiger partial charge is 0.491 e. The fraction of sp³-hybridized carbons (Fsp3) is 0.150. The van der Waals surface area contributed by atoms with Crippen molar-refractivity contribution in [3.8, 4) is 11.5 Å². The Labute approximate surface area is 154 Å². The first-order chi connectivity index (χ1) is 12.2. The zero-order valence-electron chi connectivity index (χ0n) is 13.7. The van der Waals surface area contributed by atoms with Crippen molar-refractivity contribution in [1.82, 2.24) is 0 Å². The van der Waals surface area contributed by atoms with E-state index in [1.807, 2.05) is 30.3 Å². The Kier molecular flexibility index (Phi) is 5.68. The van der Waals surface area contributed by atoms with E-state index < -0.39 is 5.97 Å². The summed E-state index contributed by atoms with van der Waals surface area (Å²) in [6.45, 7) is 0.976. The zero-order valence-corrected chi connectivity index (χ0v) is 15.3. The highest BCUT2D eigenvalue weighted by Crippen LogP contribution is 2.33. The molecule has 0 radical (unpaired) electrons. The number of hydrogen-bond donors (Lipinski definition) is 0. The van der Waals surface area contributed by atoms with Crippen LogP contribution in [0.15, 0.2) is 65.1 Å². The summed E-state index contributed by atoms with van der Waals surface area (Å²) in [5.41, 5.74) is 0.458. The smallest absolute Gasteiger partial charge is 0.343 e. The molecular weight excluding hydrogens is 384 g/mol. The summed E-state index contributed by atoms with van der Waals surface area (Å²) in [5.74, 6) is 0.754. The first kappa shape index (κ1) is 17.5. The number of halogens is 1. The molecule has 0 spiro atoms. The molecule has 0 saturated heterocycles. The van der Waals surface area contributed by atoms with E-state index in [4.69, 9.17) is 14.2 Å². The lowest BCUT2D eigenvalue weighted by atomic mass is 10.1. The maximum atomic E-state index is 12.4. The van der Waals surface area contributed by atoms with Gasteiger partial charge in [-0.1, -0.05) is 30.3 Å². The molecule has 3 rings (SSSR count). The van der Waals surface area contributed by atoms with Crippen LogP contribution >= 0.6 is 15.9 Å². The van der Waals surface area contributed by atoms with E-state index in [9.17, 15) is 4.79 Å². The maximum absolute atomic E-state index is 12.4. The molecule has 0 amide bonds. The third kappa shape index (κ3) is 4.18. The molecule has 0 atom stereocenters. The fourth-order valence-electron chi connectivity index (χ4n) is 2.38. The van der Waals surface area contributed by atoms with E-state index in [1.165, 1.54) is 0 Å². The summed E-state index contributed by atoms with van der Waals surface area (Å²) in [6.07, 6.45) is 0. The van der Waals surface area contributed by atoms with Crippen molar-refractivity contribution in [2.75, 3.05) is 20.3 Å². The van der Waals surface area contributed by atoms with E-state index in [0.29, 0.717) is 30.3 Å². The van der Waals surface area contributed by atoms with Crippen LogP contribution in [0.1, 0.15) is 10.4 Å². The molecule has 5 heteroatoms. The van der Waals surface area contributed by atoms with E-state index >= 15 is 0 Å². The molecule has 0 heterocycles. The van der Waals surface area contributed by atoms with Gasteiger partial charge in [-0.25, -0.2) is 4.79 Å². The number of carbonyl (C=O) groups is 1. The number of benzene rings is 3. The minimum Gasteiger partial charge on any atom is -0.491 e. The Bertz CT molecular complexity index is 875. The molecule has 0 aliphatic rings. The fourth-order valence-corrected chi connectivity index (χ4v) is 2.96. The van der Waals surface area contributed by atoms with Crippen molar-refractivity contribution >= 4 is 32.7 Å². The number of rotatable bonds is 6. The summed E-state index contributed by atoms with van der Waals surface area (Å²) in [5, 5.41) is 2.07. The van der Waals surface area contributed by atoms with Crippen LogP contribution in [0, 0.1) is 0 Å². The van der Waals surface area contributed by atoms with E-state index in [1.54, 1.807) is 37.4 Å². The number of hydrogen-bond acceptors (Lipinski definition) is 4. The standard InChI is InChI=1S/C20H17BrO4/c1-23-12-13-24-16-9-6-15(7-10-16)20(22)25-18-11-8-14-4-2-3-5-17(14)19(18)21/h2-11H,12-13H2,1H3. The molecule has 3 aromatic rings. The SMILES string of the molecule is COCCOc1ccc(C(=O)Oc2ccc3ccccc3c2Br)cc1. The second-order valence-electron chi connectivity index (χ2n) is 5.35. The van der Waals surface area contributed by atoms with Crippen LogP contribution in [0.4, 0.5) is 0 Å². The van der Waals surface area contributed by atoms with Crippen LogP contribution < -0.4 is 9.47 Å². The zero-order chi connectivity index (χ0) is 17.6. The summed E-state index contributed by atoms with van der Waals surface area (Å²) in [7, 11) is 1.62. The molecule has 0 N–H and O–H groups in total. The molecular formula is C20H17BrO4. The summed E-state index contributed by atoms with van der Waals surface area (Å²) in [4.78, 5) is 12.4. The molecule has 0 saturated carbocycles. The summed E-state index contributed by atoms with van der Waals surface area (Å²) in [6, 6.07) is 18.4. The normalized spacial score (nSPS) is 10.6. The molecule has 0 unspecified atom stereocenters. The predicted octanol–water partition coefficient (Wildman–Crippen LogP) is 4.85. The number of ether oxygens (including phenoxy) is 3. The minimum atomic E-state index is -0.417. The average molecular weight is 401 g/mol. The van der Waals surface area contributed by atoms with Crippen LogP contribution in [-0.2, 0) is 4.74 Å². The first-order valence-electron chi connectivity index (χ1n) is 7.80. The van der Waals surface area contributed by atoms with Crippen LogP contribution in [0.2, 0.25) is 0 Å². The second-order valence-corrected chi connectivity index (χ2v) is 6.15. The van der Waals surface area contributed by atoms with Crippen LogP contribution in [0.5, 0.6) is 11.5 Å². The Hall–Kier alpha value is -2.37. The Morgan fingerprint density at radius 1 is 0.960 bits per heavy atom. The van der Waals surface area contributed by atoms with Crippen molar-refractivity contribution in [3.05, 3.63) is 70.7 Å². The predicted molar refractivity (Wildman–Crippen MR) is 100 cm³/mol. The van der Waals surface area contributed by atoms with Crippen molar-refractivity contribution in [3.63, 3.8) is 0 Å². The van der Waals surface area contributed by atoms with Gasteiger partial charge in [0.15, 0.2) is 0 Å². The molecule has 25 heavy (non-hydrogen) atoms. The van der Waals surface area contributed by atoms with Gasteiger partial charge in [0.2, 0.25) is 0 Å². The van der Waals surface area contributed by atoms with Crippen LogP contribution in [-0.4, -0.2) is 26.3 Å². The lowest BCUT2D eigenvalue weighted by Gasteiger charge is -2.10. The Morgan fingerprint density at radius 3 is 2.48 bits per heavy atom. The molecule has 0 fully saturated rings. The van der Waals surface area contributed by atoms with Crippen LogP contribution in [0.3, 0.4) is 0 Å². The van der Waals surface area contributed by atoms with E-state index in [0.717, 1.165) is 15.2 Å². The average Bonchev–Trinajstić information content (AvgIpc) is 2.65. The lowest BCUT2D eigenvalue weighted by molar-refractivity contribution is 0.0733. The highest BCUT2D eigenvalue weighted by molar-refractivity contribution is 9.10. The third-order valence-electron chi connectivity index (χ3n) is 3.68. The summed E-state index contributed by atoms with van der Waals surface area (Å²) < 4.78 is 16.7. The van der Waals surface area contributed by atoms with Crippen molar-refractivity contribution in [2.24, 2.45) is 0 Å². The van der Waals surface area contributed by atoms with Gasteiger partial charge in [-0.3, -0.25) is 0 Å². The quantitative estimate of drug-likeness (QED) is 0.337. The van der Waals surface area contributed by atoms with Crippen molar-refractivity contribution < 1.29 is 19.0 Å². The van der Waals surface area contributed by atoms with Crippen molar-refractivity contribution in [1.29, 1.82) is 0 Å². The highest BCUT2D eigenvalue weighted by atomic mass is 79.9. The van der Waals surface area contributed by atoms with E-state index in [-0.39, 0.29) is 0 Å². The van der Waals surface area contributed by atoms with Crippen molar-refractivity contribution in [2.45, 2.75) is 0 Å². The Balaban J connectivity index is 1.73. The van der Waals surface area contributed by atoms with Gasteiger partial charge in [-0.05, 0) is 57.0 Å². The number of methoxy groups -OCH3 is 1. The van der Waals surface area contributed by atoms with Gasteiger partial charge in [-0.2, -0.15) is 0 Å². The molecule has 0 aliphatic carbocycles. The monoisotopic (exact) mass is 400 g/mol. The maximum Gasteiger partial charge on any atom is 0.343 e. The molecule has 3 aromatic carbocycles. The highest BCUT2D eigenvalue weighted by Gasteiger charge is 2.13. The van der Waals surface area contributed by atoms with Gasteiger partial charge in [0.1, 0.15) is 18.1 Å². The number of esters is 1. The molecule has 0 bridgehead atoms. The number of carbonyl (C=O) groups excluding carboxylic acids is 1. The van der Waals surface area contributed by atoms with E-state index in [2.05, 4.69) is 15.9 Å². The molecule has 0 aliphatic heterocycles. The first-order valence-corrected chi connectivity index (χ1v) is 8.59. The van der Waals surface area contributed by atoms with Gasteiger partial charge < -0.3 is 14.2 Å². The van der Waals surface area contributed by atoms with Gasteiger partial charge in [0.25, 0.3) is 0 Å². The number of fused-ring (bicyclic) bond motifs is 1. The molecule has 0 aromatic heterocycles. The third-order valence-corrected chi connectivity index (χ3v) is 4.49.